The maximum atomic E-state index is 13.1. The molecule has 0 saturated heterocycles. The van der Waals surface area contributed by atoms with Gasteiger partial charge in [-0.15, -0.1) is 0 Å². The Hall–Kier alpha value is -2.50. The molecule has 0 saturated carbocycles. The van der Waals surface area contributed by atoms with Gasteiger partial charge in [0.2, 0.25) is 5.91 Å². The van der Waals surface area contributed by atoms with Crippen molar-refractivity contribution in [1.82, 2.24) is 4.98 Å². The van der Waals surface area contributed by atoms with E-state index in [4.69, 9.17) is 0 Å². The lowest BCUT2D eigenvalue weighted by atomic mass is 10.1. The minimum Gasteiger partial charge on any atom is -0.340 e. The fourth-order valence-electron chi connectivity index (χ4n) is 1.85. The maximum absolute atomic E-state index is 13.1. The van der Waals surface area contributed by atoms with Gasteiger partial charge in [0.15, 0.2) is 11.6 Å². The van der Waals surface area contributed by atoms with Crippen LogP contribution < -0.4 is 10.6 Å². The van der Waals surface area contributed by atoms with Crippen molar-refractivity contribution in [2.24, 2.45) is 5.92 Å². The molecule has 6 heteroatoms. The van der Waals surface area contributed by atoms with E-state index in [1.54, 1.807) is 12.1 Å². The van der Waals surface area contributed by atoms with E-state index >= 15 is 0 Å². The highest BCUT2D eigenvalue weighted by Crippen LogP contribution is 2.18. The third-order valence-corrected chi connectivity index (χ3v) is 2.83. The minimum absolute atomic E-state index is 0.0712. The Balaban J connectivity index is 1.99. The summed E-state index contributed by atoms with van der Waals surface area (Å²) < 4.78 is 26.0. The van der Waals surface area contributed by atoms with E-state index in [9.17, 15) is 13.6 Å². The number of carbonyl (C=O) groups is 1. The molecule has 0 unspecified atom stereocenters. The molecule has 1 heterocycles. The van der Waals surface area contributed by atoms with Crippen LogP contribution in [-0.4, -0.2) is 10.9 Å². The van der Waals surface area contributed by atoms with E-state index in [0.29, 0.717) is 23.6 Å². The van der Waals surface area contributed by atoms with Crippen LogP contribution in [0.1, 0.15) is 20.3 Å². The highest BCUT2D eigenvalue weighted by atomic mass is 19.2. The number of rotatable bonds is 5. The minimum atomic E-state index is -0.928. The molecule has 2 rings (SSSR count). The van der Waals surface area contributed by atoms with Crippen molar-refractivity contribution in [3.8, 4) is 0 Å². The van der Waals surface area contributed by atoms with Gasteiger partial charge < -0.3 is 10.6 Å². The number of anilines is 3. The zero-order valence-corrected chi connectivity index (χ0v) is 12.4. The van der Waals surface area contributed by atoms with Crippen LogP contribution in [0.3, 0.4) is 0 Å². The maximum Gasteiger partial charge on any atom is 0.224 e. The lowest BCUT2D eigenvalue weighted by Gasteiger charge is -2.09. The zero-order chi connectivity index (χ0) is 16.1. The summed E-state index contributed by atoms with van der Waals surface area (Å²) in [5.74, 6) is -1.16. The fraction of sp³-hybridized carbons (Fsp3) is 0.250. The molecule has 1 amide bonds. The molecule has 1 aromatic carbocycles. The summed E-state index contributed by atoms with van der Waals surface area (Å²) in [6, 6.07) is 6.84. The van der Waals surface area contributed by atoms with E-state index in [0.717, 1.165) is 12.1 Å². The number of hydrogen-bond donors (Lipinski definition) is 2. The van der Waals surface area contributed by atoms with Crippen molar-refractivity contribution in [2.75, 3.05) is 10.6 Å². The summed E-state index contributed by atoms with van der Waals surface area (Å²) in [6.45, 7) is 3.93. The lowest BCUT2D eigenvalue weighted by molar-refractivity contribution is -0.116. The average Bonchev–Trinajstić information content (AvgIpc) is 2.44. The number of nitrogens with one attached hydrogen (secondary N) is 2. The van der Waals surface area contributed by atoms with Gasteiger partial charge in [0.05, 0.1) is 11.9 Å². The molecule has 0 fully saturated rings. The summed E-state index contributed by atoms with van der Waals surface area (Å²) in [6.07, 6.45) is 1.94. The number of benzene rings is 1. The van der Waals surface area contributed by atoms with Crippen LogP contribution in [0.4, 0.5) is 26.0 Å². The van der Waals surface area contributed by atoms with Crippen LogP contribution in [0, 0.1) is 17.6 Å². The largest absolute Gasteiger partial charge is 0.340 e. The third-order valence-electron chi connectivity index (χ3n) is 2.83. The average molecular weight is 305 g/mol. The molecule has 0 bridgehead atoms. The van der Waals surface area contributed by atoms with Crippen LogP contribution >= 0.6 is 0 Å². The smallest absolute Gasteiger partial charge is 0.224 e. The molecule has 0 aliphatic heterocycles. The van der Waals surface area contributed by atoms with Crippen molar-refractivity contribution in [2.45, 2.75) is 20.3 Å². The van der Waals surface area contributed by atoms with Gasteiger partial charge in [-0.2, -0.15) is 0 Å². The molecule has 4 nitrogen and oxygen atoms in total. The Kier molecular flexibility index (Phi) is 5.04. The Morgan fingerprint density at radius 1 is 1.14 bits per heavy atom. The Morgan fingerprint density at radius 3 is 2.45 bits per heavy atom. The summed E-state index contributed by atoms with van der Waals surface area (Å²) in [5.41, 5.74) is 0.976. The van der Waals surface area contributed by atoms with Gasteiger partial charge in [-0.05, 0) is 30.2 Å². The van der Waals surface area contributed by atoms with Crippen LogP contribution in [0.5, 0.6) is 0 Å². The molecule has 0 atom stereocenters. The molecule has 116 valence electrons. The van der Waals surface area contributed by atoms with Gasteiger partial charge in [0.1, 0.15) is 5.82 Å². The molecule has 0 aliphatic carbocycles. The Labute approximate surface area is 127 Å². The second kappa shape index (κ2) is 6.98. The second-order valence-corrected chi connectivity index (χ2v) is 5.33. The second-order valence-electron chi connectivity index (χ2n) is 5.33. The summed E-state index contributed by atoms with van der Waals surface area (Å²) in [4.78, 5) is 15.8. The zero-order valence-electron chi connectivity index (χ0n) is 12.4. The Bertz CT molecular complexity index is 657. The van der Waals surface area contributed by atoms with Gasteiger partial charge in [-0.1, -0.05) is 13.8 Å². The number of carbonyl (C=O) groups excluding carboxylic acids is 1. The highest BCUT2D eigenvalue weighted by Gasteiger charge is 2.06. The molecule has 0 aliphatic rings. The molecule has 2 aromatic rings. The monoisotopic (exact) mass is 305 g/mol. The van der Waals surface area contributed by atoms with Crippen molar-refractivity contribution >= 4 is 23.1 Å². The number of halogens is 2. The molecule has 1 aromatic heterocycles. The number of pyridine rings is 1. The van der Waals surface area contributed by atoms with Crippen molar-refractivity contribution in [1.29, 1.82) is 0 Å². The summed E-state index contributed by atoms with van der Waals surface area (Å²) in [7, 11) is 0. The summed E-state index contributed by atoms with van der Waals surface area (Å²) in [5, 5.41) is 5.60. The van der Waals surface area contributed by atoms with Gasteiger partial charge >= 0.3 is 0 Å². The van der Waals surface area contributed by atoms with Crippen molar-refractivity contribution in [3.63, 3.8) is 0 Å². The van der Waals surface area contributed by atoms with Crippen LogP contribution in [0.25, 0.3) is 0 Å². The van der Waals surface area contributed by atoms with Crippen LogP contribution in [0.15, 0.2) is 36.5 Å². The molecule has 0 spiro atoms. The predicted octanol–water partition coefficient (Wildman–Crippen LogP) is 4.09. The molecular formula is C16H17F2N3O. The first-order valence-electron chi connectivity index (χ1n) is 6.92. The predicted molar refractivity (Wildman–Crippen MR) is 82.0 cm³/mol. The van der Waals surface area contributed by atoms with Gasteiger partial charge in [0.25, 0.3) is 0 Å². The van der Waals surface area contributed by atoms with Crippen molar-refractivity contribution < 1.29 is 13.6 Å². The molecular weight excluding hydrogens is 288 g/mol. The first-order chi connectivity index (χ1) is 10.4. The standard InChI is InChI=1S/C16H17F2N3O/c1-10(2)7-16(22)21-12-4-6-15(19-9-12)20-11-3-5-13(17)14(18)8-11/h3-6,8-10H,7H2,1-2H3,(H,19,20)(H,21,22). The van der Waals surface area contributed by atoms with Crippen molar-refractivity contribution in [3.05, 3.63) is 48.2 Å². The fourth-order valence-corrected chi connectivity index (χ4v) is 1.85. The quantitative estimate of drug-likeness (QED) is 0.875. The lowest BCUT2D eigenvalue weighted by Crippen LogP contribution is -2.13. The normalized spacial score (nSPS) is 10.6. The molecule has 22 heavy (non-hydrogen) atoms. The van der Waals surface area contributed by atoms with Gasteiger partial charge in [-0.25, -0.2) is 13.8 Å². The number of aromatic nitrogens is 1. The Morgan fingerprint density at radius 2 is 1.86 bits per heavy atom. The van der Waals surface area contributed by atoms with E-state index < -0.39 is 11.6 Å². The number of nitrogens with zero attached hydrogens (tertiary/aromatic N) is 1. The molecule has 2 N–H and O–H groups in total. The first kappa shape index (κ1) is 15.9. The highest BCUT2D eigenvalue weighted by molar-refractivity contribution is 5.90. The van der Waals surface area contributed by atoms with E-state index in [-0.39, 0.29) is 11.8 Å². The first-order valence-corrected chi connectivity index (χ1v) is 6.92. The molecule has 0 radical (unpaired) electrons. The SMILES string of the molecule is CC(C)CC(=O)Nc1ccc(Nc2ccc(F)c(F)c2)nc1. The van der Waals surface area contributed by atoms with E-state index in [1.165, 1.54) is 12.3 Å². The van der Waals surface area contributed by atoms with Crippen LogP contribution in [-0.2, 0) is 4.79 Å². The van der Waals surface area contributed by atoms with E-state index in [1.807, 2.05) is 13.8 Å². The summed E-state index contributed by atoms with van der Waals surface area (Å²) >= 11 is 0. The van der Waals surface area contributed by atoms with E-state index in [2.05, 4.69) is 15.6 Å². The van der Waals surface area contributed by atoms with Crippen LogP contribution in [0.2, 0.25) is 0 Å². The third kappa shape index (κ3) is 4.51. The number of amides is 1. The van der Waals surface area contributed by atoms with Gasteiger partial charge in [0, 0.05) is 18.2 Å². The van der Waals surface area contributed by atoms with Gasteiger partial charge in [-0.3, -0.25) is 4.79 Å². The number of hydrogen-bond acceptors (Lipinski definition) is 3. The topological polar surface area (TPSA) is 54.0 Å².